The van der Waals surface area contributed by atoms with E-state index in [-0.39, 0.29) is 0 Å². The van der Waals surface area contributed by atoms with Crippen molar-refractivity contribution < 1.29 is 23.2 Å². The molecule has 0 bridgehead atoms. The SMILES string of the molecule is C[C@H](NC(=O)C(=O)c1cc(F)cc(F)c1)C(=O)Nc1cc(C(C)(C)c2ccccc2)n[nH]1. The van der Waals surface area contributed by atoms with E-state index in [1.807, 2.05) is 44.2 Å². The third kappa shape index (κ3) is 5.05. The lowest BCUT2D eigenvalue weighted by molar-refractivity contribution is -0.123. The molecule has 2 amide bonds. The zero-order valence-corrected chi connectivity index (χ0v) is 17.7. The number of Topliss-reactive ketones (excluding diaryl/α,β-unsaturated/α-hetero) is 1. The summed E-state index contributed by atoms with van der Waals surface area (Å²) in [6.45, 7) is 5.36. The van der Waals surface area contributed by atoms with E-state index in [1.54, 1.807) is 6.07 Å². The lowest BCUT2D eigenvalue weighted by Gasteiger charge is -2.22. The minimum absolute atomic E-state index is 0.314. The second-order valence-electron chi connectivity index (χ2n) is 7.83. The van der Waals surface area contributed by atoms with Crippen molar-refractivity contribution in [3.8, 4) is 0 Å². The van der Waals surface area contributed by atoms with Crippen molar-refractivity contribution in [3.05, 3.63) is 83.1 Å². The fourth-order valence-corrected chi connectivity index (χ4v) is 3.09. The van der Waals surface area contributed by atoms with Crippen LogP contribution in [0.1, 0.15) is 42.4 Å². The van der Waals surface area contributed by atoms with E-state index >= 15 is 0 Å². The molecule has 0 aliphatic rings. The first-order valence-electron chi connectivity index (χ1n) is 9.81. The van der Waals surface area contributed by atoms with Crippen LogP contribution in [-0.2, 0) is 15.0 Å². The van der Waals surface area contributed by atoms with Crippen LogP contribution >= 0.6 is 0 Å². The zero-order chi connectivity index (χ0) is 23.5. The molecule has 1 heterocycles. The molecule has 0 aliphatic carbocycles. The fourth-order valence-electron chi connectivity index (χ4n) is 3.09. The Kier molecular flexibility index (Phi) is 6.47. The predicted molar refractivity (Wildman–Crippen MR) is 114 cm³/mol. The number of rotatable bonds is 7. The molecule has 0 saturated heterocycles. The lowest BCUT2D eigenvalue weighted by Crippen LogP contribution is -2.44. The maximum atomic E-state index is 13.3. The van der Waals surface area contributed by atoms with Gasteiger partial charge in [-0.2, -0.15) is 5.10 Å². The number of carbonyl (C=O) groups excluding carboxylic acids is 3. The van der Waals surface area contributed by atoms with Crippen molar-refractivity contribution in [3.63, 3.8) is 0 Å². The average Bonchev–Trinajstić information content (AvgIpc) is 3.22. The summed E-state index contributed by atoms with van der Waals surface area (Å²) in [5.41, 5.74) is 0.859. The van der Waals surface area contributed by atoms with Gasteiger partial charge in [0.1, 0.15) is 23.5 Å². The van der Waals surface area contributed by atoms with Crippen molar-refractivity contribution >= 4 is 23.4 Å². The lowest BCUT2D eigenvalue weighted by atomic mass is 9.82. The normalized spacial score (nSPS) is 12.2. The Labute approximate surface area is 183 Å². The molecule has 0 saturated carbocycles. The zero-order valence-electron chi connectivity index (χ0n) is 17.7. The van der Waals surface area contributed by atoms with E-state index in [9.17, 15) is 23.2 Å². The number of anilines is 1. The number of H-pyrrole nitrogens is 1. The standard InChI is InChI=1S/C23H22F2N4O3/c1-13(26-22(32)20(30)14-9-16(24)11-17(25)10-14)21(31)27-19-12-18(28-29-19)23(2,3)15-7-5-4-6-8-15/h4-13H,1-3H3,(H,26,32)(H2,27,28,29,31)/t13-/m0/s1. The molecule has 7 nitrogen and oxygen atoms in total. The van der Waals surface area contributed by atoms with Gasteiger partial charge in [0.25, 0.3) is 5.91 Å². The van der Waals surface area contributed by atoms with Gasteiger partial charge in [0.2, 0.25) is 11.7 Å². The number of hydrogen-bond donors (Lipinski definition) is 3. The first-order valence-corrected chi connectivity index (χ1v) is 9.81. The molecule has 0 fully saturated rings. The van der Waals surface area contributed by atoms with E-state index in [1.165, 1.54) is 6.92 Å². The van der Waals surface area contributed by atoms with Gasteiger partial charge in [-0.05, 0) is 24.6 Å². The van der Waals surface area contributed by atoms with Crippen molar-refractivity contribution in [1.82, 2.24) is 15.5 Å². The van der Waals surface area contributed by atoms with Crippen LogP contribution in [0.3, 0.4) is 0 Å². The number of nitrogens with one attached hydrogen (secondary N) is 3. The number of aromatic amines is 1. The Morgan fingerprint density at radius 3 is 2.25 bits per heavy atom. The maximum absolute atomic E-state index is 13.3. The Morgan fingerprint density at radius 1 is 1.00 bits per heavy atom. The van der Waals surface area contributed by atoms with Crippen LogP contribution in [0, 0.1) is 11.6 Å². The van der Waals surface area contributed by atoms with E-state index in [0.29, 0.717) is 17.6 Å². The van der Waals surface area contributed by atoms with Crippen LogP contribution in [0.15, 0.2) is 54.6 Å². The third-order valence-corrected chi connectivity index (χ3v) is 5.04. The second-order valence-corrected chi connectivity index (χ2v) is 7.83. The molecule has 3 N–H and O–H groups in total. The number of hydrogen-bond acceptors (Lipinski definition) is 4. The molecular formula is C23H22F2N4O3. The fraction of sp³-hybridized carbons (Fsp3) is 0.217. The van der Waals surface area contributed by atoms with Gasteiger partial charge in [0.15, 0.2) is 0 Å². The molecule has 0 unspecified atom stereocenters. The summed E-state index contributed by atoms with van der Waals surface area (Å²) in [5, 5.41) is 11.8. The molecule has 3 aromatic rings. The van der Waals surface area contributed by atoms with Gasteiger partial charge < -0.3 is 10.6 Å². The summed E-state index contributed by atoms with van der Waals surface area (Å²) in [6.07, 6.45) is 0. The first kappa shape index (κ1) is 22.8. The summed E-state index contributed by atoms with van der Waals surface area (Å²) < 4.78 is 26.6. The van der Waals surface area contributed by atoms with E-state index in [4.69, 9.17) is 0 Å². The molecule has 166 valence electrons. The molecule has 0 radical (unpaired) electrons. The Morgan fingerprint density at radius 2 is 1.62 bits per heavy atom. The number of aromatic nitrogens is 2. The highest BCUT2D eigenvalue weighted by Gasteiger charge is 2.27. The third-order valence-electron chi connectivity index (χ3n) is 5.04. The number of halogens is 2. The Balaban J connectivity index is 1.63. The minimum Gasteiger partial charge on any atom is -0.338 e. The molecule has 1 aromatic heterocycles. The highest BCUT2D eigenvalue weighted by molar-refractivity contribution is 6.43. The van der Waals surface area contributed by atoms with Crippen LogP contribution < -0.4 is 10.6 Å². The van der Waals surface area contributed by atoms with Gasteiger partial charge in [-0.25, -0.2) is 8.78 Å². The molecule has 0 aliphatic heterocycles. The Hall–Kier alpha value is -3.88. The summed E-state index contributed by atoms with van der Waals surface area (Å²) in [6, 6.07) is 12.4. The van der Waals surface area contributed by atoms with Crippen LogP contribution in [0.4, 0.5) is 14.6 Å². The number of carbonyl (C=O) groups is 3. The maximum Gasteiger partial charge on any atom is 0.293 e. The average molecular weight is 440 g/mol. The van der Waals surface area contributed by atoms with Crippen LogP contribution in [0.5, 0.6) is 0 Å². The molecule has 3 rings (SSSR count). The van der Waals surface area contributed by atoms with Crippen molar-refractivity contribution in [2.75, 3.05) is 5.32 Å². The molecule has 0 spiro atoms. The van der Waals surface area contributed by atoms with Crippen LogP contribution in [0.25, 0.3) is 0 Å². The van der Waals surface area contributed by atoms with Gasteiger partial charge in [-0.1, -0.05) is 44.2 Å². The van der Waals surface area contributed by atoms with Crippen molar-refractivity contribution in [1.29, 1.82) is 0 Å². The van der Waals surface area contributed by atoms with Crippen molar-refractivity contribution in [2.24, 2.45) is 0 Å². The predicted octanol–water partition coefficient (Wildman–Crippen LogP) is 3.34. The highest BCUT2D eigenvalue weighted by atomic mass is 19.1. The largest absolute Gasteiger partial charge is 0.338 e. The van der Waals surface area contributed by atoms with Crippen molar-refractivity contribution in [2.45, 2.75) is 32.2 Å². The number of amides is 2. The monoisotopic (exact) mass is 440 g/mol. The molecular weight excluding hydrogens is 418 g/mol. The smallest absolute Gasteiger partial charge is 0.293 e. The molecule has 32 heavy (non-hydrogen) atoms. The van der Waals surface area contributed by atoms with Crippen LogP contribution in [-0.4, -0.2) is 33.8 Å². The van der Waals surface area contributed by atoms with Crippen LogP contribution in [0.2, 0.25) is 0 Å². The quantitative estimate of drug-likeness (QED) is 0.387. The summed E-state index contributed by atoms with van der Waals surface area (Å²) in [4.78, 5) is 36.7. The number of nitrogens with zero attached hydrogens (tertiary/aromatic N) is 1. The molecule has 1 atom stereocenters. The minimum atomic E-state index is -1.16. The number of benzene rings is 2. The highest BCUT2D eigenvalue weighted by Crippen LogP contribution is 2.30. The number of ketones is 1. The Bertz CT molecular complexity index is 1140. The van der Waals surface area contributed by atoms with Gasteiger partial charge in [0, 0.05) is 23.1 Å². The van der Waals surface area contributed by atoms with E-state index in [2.05, 4.69) is 20.8 Å². The molecule has 2 aromatic carbocycles. The van der Waals surface area contributed by atoms with Gasteiger partial charge in [-0.15, -0.1) is 0 Å². The molecule has 9 heteroatoms. The topological polar surface area (TPSA) is 104 Å². The van der Waals surface area contributed by atoms with Gasteiger partial charge >= 0.3 is 0 Å². The summed E-state index contributed by atoms with van der Waals surface area (Å²) in [5.74, 6) is -4.58. The summed E-state index contributed by atoms with van der Waals surface area (Å²) in [7, 11) is 0. The van der Waals surface area contributed by atoms with E-state index < -0.39 is 46.3 Å². The second kappa shape index (κ2) is 9.09. The summed E-state index contributed by atoms with van der Waals surface area (Å²) >= 11 is 0. The van der Waals surface area contributed by atoms with Gasteiger partial charge in [0.05, 0.1) is 5.69 Å². The first-order chi connectivity index (χ1) is 15.1. The van der Waals surface area contributed by atoms with Gasteiger partial charge in [-0.3, -0.25) is 19.5 Å². The van der Waals surface area contributed by atoms with E-state index in [0.717, 1.165) is 17.7 Å².